The van der Waals surface area contributed by atoms with E-state index in [-0.39, 0.29) is 23.6 Å². The van der Waals surface area contributed by atoms with Gasteiger partial charge in [0, 0.05) is 29.3 Å². The highest BCUT2D eigenvalue weighted by atomic mass is 35.5. The molecule has 0 bridgehead atoms. The van der Waals surface area contributed by atoms with E-state index < -0.39 is 22.7 Å². The molecule has 1 unspecified atom stereocenters. The molecule has 3 rings (SSSR count). The number of aliphatic hydroxyl groups excluding tert-OH is 1. The number of ketones is 1. The SMILES string of the molecule is CN(C)CCCN1C(=O)C(=O)C(=C(O)c2ccc(Cl)cc2)C1c1cccc([N+](=O)[O-])c1. The van der Waals surface area contributed by atoms with E-state index in [2.05, 4.69) is 0 Å². The zero-order valence-electron chi connectivity index (χ0n) is 17.1. The van der Waals surface area contributed by atoms with Crippen LogP contribution in [0.25, 0.3) is 5.76 Å². The summed E-state index contributed by atoms with van der Waals surface area (Å²) < 4.78 is 0. The van der Waals surface area contributed by atoms with Crippen LogP contribution in [0.2, 0.25) is 5.02 Å². The van der Waals surface area contributed by atoms with E-state index in [0.29, 0.717) is 29.1 Å². The summed E-state index contributed by atoms with van der Waals surface area (Å²) in [5.74, 6) is -1.92. The predicted octanol–water partition coefficient (Wildman–Crippen LogP) is 3.62. The standard InChI is InChI=1S/C22H22ClN3O5/c1-24(2)11-4-12-25-19(15-5-3-6-17(13-15)26(30)31)18(21(28)22(25)29)20(27)14-7-9-16(23)10-8-14/h3,5-10,13,19,27H,4,11-12H2,1-2H3. The van der Waals surface area contributed by atoms with E-state index in [1.54, 1.807) is 30.3 Å². The molecule has 1 saturated heterocycles. The second-order valence-corrected chi connectivity index (χ2v) is 7.94. The summed E-state index contributed by atoms with van der Waals surface area (Å²) in [7, 11) is 3.79. The van der Waals surface area contributed by atoms with Crippen molar-refractivity contribution in [1.29, 1.82) is 0 Å². The quantitative estimate of drug-likeness (QED) is 0.230. The van der Waals surface area contributed by atoms with Crippen LogP contribution in [0.1, 0.15) is 23.6 Å². The fourth-order valence-corrected chi connectivity index (χ4v) is 3.71. The highest BCUT2D eigenvalue weighted by Gasteiger charge is 2.46. The van der Waals surface area contributed by atoms with Crippen LogP contribution in [0.3, 0.4) is 0 Å². The Balaban J connectivity index is 2.13. The van der Waals surface area contributed by atoms with Gasteiger partial charge in [0.05, 0.1) is 16.5 Å². The molecule has 8 nitrogen and oxygen atoms in total. The van der Waals surface area contributed by atoms with Crippen molar-refractivity contribution in [3.05, 3.63) is 80.4 Å². The number of Topliss-reactive ketones (excluding diaryl/α,β-unsaturated/α-hetero) is 1. The van der Waals surface area contributed by atoms with Crippen LogP contribution in [0, 0.1) is 10.1 Å². The van der Waals surface area contributed by atoms with Gasteiger partial charge in [-0.05, 0) is 56.9 Å². The van der Waals surface area contributed by atoms with Crippen molar-refractivity contribution in [2.75, 3.05) is 27.2 Å². The Morgan fingerprint density at radius 2 is 1.87 bits per heavy atom. The number of carbonyl (C=O) groups is 2. The molecular weight excluding hydrogens is 422 g/mol. The number of hydrogen-bond donors (Lipinski definition) is 1. The molecule has 0 radical (unpaired) electrons. The van der Waals surface area contributed by atoms with E-state index >= 15 is 0 Å². The van der Waals surface area contributed by atoms with Gasteiger partial charge in [-0.3, -0.25) is 19.7 Å². The molecule has 1 aliphatic rings. The minimum absolute atomic E-state index is 0.0994. The van der Waals surface area contributed by atoms with Crippen LogP contribution in [0.15, 0.2) is 54.1 Å². The lowest BCUT2D eigenvalue weighted by molar-refractivity contribution is -0.384. The molecule has 0 spiro atoms. The summed E-state index contributed by atoms with van der Waals surface area (Å²) in [6.45, 7) is 0.940. The normalized spacial score (nSPS) is 18.1. The van der Waals surface area contributed by atoms with E-state index in [1.165, 1.54) is 23.1 Å². The van der Waals surface area contributed by atoms with Crippen LogP contribution in [-0.2, 0) is 9.59 Å². The molecular formula is C22H22ClN3O5. The number of amides is 1. The third kappa shape index (κ3) is 4.76. The monoisotopic (exact) mass is 443 g/mol. The molecule has 162 valence electrons. The minimum Gasteiger partial charge on any atom is -0.507 e. The number of nitrogens with zero attached hydrogens (tertiary/aromatic N) is 3. The first-order valence-electron chi connectivity index (χ1n) is 9.64. The topological polar surface area (TPSA) is 104 Å². The van der Waals surface area contributed by atoms with Gasteiger partial charge in [0.1, 0.15) is 5.76 Å². The number of carbonyl (C=O) groups excluding carboxylic acids is 2. The van der Waals surface area contributed by atoms with Gasteiger partial charge in [0.25, 0.3) is 17.4 Å². The molecule has 0 saturated carbocycles. The van der Waals surface area contributed by atoms with E-state index in [9.17, 15) is 24.8 Å². The smallest absolute Gasteiger partial charge is 0.295 e. The maximum Gasteiger partial charge on any atom is 0.295 e. The molecule has 9 heteroatoms. The average Bonchev–Trinajstić information content (AvgIpc) is 2.98. The van der Waals surface area contributed by atoms with Crippen molar-refractivity contribution in [3.8, 4) is 0 Å². The number of halogens is 1. The molecule has 2 aromatic carbocycles. The fourth-order valence-electron chi connectivity index (χ4n) is 3.59. The summed E-state index contributed by atoms with van der Waals surface area (Å²) in [4.78, 5) is 39.8. The molecule has 1 aliphatic heterocycles. The van der Waals surface area contributed by atoms with E-state index in [1.807, 2.05) is 19.0 Å². The largest absolute Gasteiger partial charge is 0.507 e. The van der Waals surface area contributed by atoms with Gasteiger partial charge in [-0.1, -0.05) is 23.7 Å². The summed E-state index contributed by atoms with van der Waals surface area (Å²) in [5.41, 5.74) is 0.445. The lowest BCUT2D eigenvalue weighted by atomic mass is 9.95. The molecule has 1 N–H and O–H groups in total. The van der Waals surface area contributed by atoms with Crippen molar-refractivity contribution in [3.63, 3.8) is 0 Å². The number of hydrogen-bond acceptors (Lipinski definition) is 6. The summed E-state index contributed by atoms with van der Waals surface area (Å²) in [6.07, 6.45) is 0.590. The summed E-state index contributed by atoms with van der Waals surface area (Å²) in [6, 6.07) is 11.0. The van der Waals surface area contributed by atoms with Gasteiger partial charge in [-0.25, -0.2) is 0 Å². The van der Waals surface area contributed by atoms with Gasteiger partial charge >= 0.3 is 0 Å². The number of likely N-dealkylation sites (tertiary alicyclic amines) is 1. The first kappa shape index (κ1) is 22.5. The number of rotatable bonds is 7. The van der Waals surface area contributed by atoms with Crippen molar-refractivity contribution < 1.29 is 19.6 Å². The molecule has 1 heterocycles. The second kappa shape index (κ2) is 9.28. The van der Waals surface area contributed by atoms with Gasteiger partial charge in [-0.2, -0.15) is 0 Å². The van der Waals surface area contributed by atoms with Crippen molar-refractivity contribution in [2.24, 2.45) is 0 Å². The number of aliphatic hydroxyl groups is 1. The number of benzene rings is 2. The Morgan fingerprint density at radius 1 is 1.19 bits per heavy atom. The molecule has 0 aromatic heterocycles. The Hall–Kier alpha value is -3.23. The van der Waals surface area contributed by atoms with Crippen LogP contribution >= 0.6 is 11.6 Å². The zero-order valence-corrected chi connectivity index (χ0v) is 17.9. The van der Waals surface area contributed by atoms with Crippen molar-refractivity contribution in [2.45, 2.75) is 12.5 Å². The molecule has 1 atom stereocenters. The van der Waals surface area contributed by atoms with Crippen LogP contribution < -0.4 is 0 Å². The van der Waals surface area contributed by atoms with Crippen LogP contribution in [-0.4, -0.2) is 58.7 Å². The first-order valence-corrected chi connectivity index (χ1v) is 10.0. The first-order chi connectivity index (χ1) is 14.7. The molecule has 1 fully saturated rings. The Labute approximate surface area is 184 Å². The molecule has 0 aliphatic carbocycles. The van der Waals surface area contributed by atoms with Crippen molar-refractivity contribution >= 4 is 34.7 Å². The van der Waals surface area contributed by atoms with Crippen molar-refractivity contribution in [1.82, 2.24) is 9.80 Å². The molecule has 31 heavy (non-hydrogen) atoms. The third-order valence-electron chi connectivity index (χ3n) is 5.06. The highest BCUT2D eigenvalue weighted by Crippen LogP contribution is 2.40. The summed E-state index contributed by atoms with van der Waals surface area (Å²) >= 11 is 5.91. The lowest BCUT2D eigenvalue weighted by Gasteiger charge is -2.25. The Morgan fingerprint density at radius 3 is 2.48 bits per heavy atom. The van der Waals surface area contributed by atoms with Gasteiger partial charge < -0.3 is 14.9 Å². The van der Waals surface area contributed by atoms with E-state index in [0.717, 1.165) is 0 Å². The molecule has 2 aromatic rings. The highest BCUT2D eigenvalue weighted by molar-refractivity contribution is 6.46. The third-order valence-corrected chi connectivity index (χ3v) is 5.31. The lowest BCUT2D eigenvalue weighted by Crippen LogP contribution is -2.32. The Kier molecular flexibility index (Phi) is 6.72. The fraction of sp³-hybridized carbons (Fsp3) is 0.273. The predicted molar refractivity (Wildman–Crippen MR) is 117 cm³/mol. The minimum atomic E-state index is -0.933. The van der Waals surface area contributed by atoms with Crippen LogP contribution in [0.5, 0.6) is 0 Å². The maximum absolute atomic E-state index is 12.9. The Bertz CT molecular complexity index is 1050. The molecule has 1 amide bonds. The van der Waals surface area contributed by atoms with Crippen LogP contribution in [0.4, 0.5) is 5.69 Å². The van der Waals surface area contributed by atoms with Gasteiger partial charge in [-0.15, -0.1) is 0 Å². The zero-order chi connectivity index (χ0) is 22.7. The van der Waals surface area contributed by atoms with Gasteiger partial charge in [0.15, 0.2) is 0 Å². The summed E-state index contributed by atoms with van der Waals surface area (Å²) in [5, 5.41) is 22.7. The van der Waals surface area contributed by atoms with E-state index in [4.69, 9.17) is 11.6 Å². The number of nitro benzene ring substituents is 1. The number of non-ortho nitro benzene ring substituents is 1. The maximum atomic E-state index is 12.9. The van der Waals surface area contributed by atoms with Gasteiger partial charge in [0.2, 0.25) is 0 Å². The average molecular weight is 444 g/mol. The second-order valence-electron chi connectivity index (χ2n) is 7.51. The number of nitro groups is 1.